The SMILES string of the molecule is COc1ccc2c(c1)[C@]1(C)CCN(C)C(C2)[C@@H]1N(C)C(=O)/C=C/c1ccoc1. The molecular formula is C23H28N2O3. The lowest BCUT2D eigenvalue weighted by atomic mass is 9.61. The van der Waals surface area contributed by atoms with Gasteiger partial charge in [-0.15, -0.1) is 0 Å². The lowest BCUT2D eigenvalue weighted by molar-refractivity contribution is -0.132. The van der Waals surface area contributed by atoms with E-state index in [4.69, 9.17) is 9.15 Å². The molecule has 2 bridgehead atoms. The van der Waals surface area contributed by atoms with Crippen LogP contribution >= 0.6 is 0 Å². The predicted molar refractivity (Wildman–Crippen MR) is 109 cm³/mol. The Morgan fingerprint density at radius 2 is 2.21 bits per heavy atom. The van der Waals surface area contributed by atoms with Crippen LogP contribution in [0.1, 0.15) is 30.0 Å². The summed E-state index contributed by atoms with van der Waals surface area (Å²) >= 11 is 0. The minimum Gasteiger partial charge on any atom is -0.497 e. The molecule has 2 heterocycles. The van der Waals surface area contributed by atoms with Crippen LogP contribution in [0, 0.1) is 0 Å². The molecule has 1 aromatic heterocycles. The van der Waals surface area contributed by atoms with Crippen molar-refractivity contribution in [1.82, 2.24) is 9.80 Å². The number of carbonyl (C=O) groups is 1. The molecule has 2 aliphatic rings. The second kappa shape index (κ2) is 7.13. The Labute approximate surface area is 166 Å². The lowest BCUT2D eigenvalue weighted by Gasteiger charge is -2.57. The number of nitrogens with zero attached hydrogens (tertiary/aromatic N) is 2. The zero-order chi connectivity index (χ0) is 19.9. The standard InChI is InChI=1S/C23H28N2O3/c1-23-10-11-24(2)20(13-17-6-7-18(27-4)14-19(17)23)22(23)25(3)21(26)8-5-16-9-12-28-15-16/h5-9,12,14-15,20,22H,10-11,13H2,1-4H3/b8-5+/t20?,22-,23-/m0/s1. The first-order chi connectivity index (χ1) is 13.4. The number of methoxy groups -OCH3 is 1. The number of hydrogen-bond acceptors (Lipinski definition) is 4. The molecule has 148 valence electrons. The van der Waals surface area contributed by atoms with Gasteiger partial charge in [-0.25, -0.2) is 0 Å². The largest absolute Gasteiger partial charge is 0.497 e. The van der Waals surface area contributed by atoms with Crippen LogP contribution in [0.4, 0.5) is 0 Å². The molecule has 0 radical (unpaired) electrons. The highest BCUT2D eigenvalue weighted by Crippen LogP contribution is 2.47. The number of piperidine rings is 1. The molecule has 0 spiro atoms. The Hall–Kier alpha value is -2.53. The molecule has 2 aromatic rings. The first-order valence-corrected chi connectivity index (χ1v) is 9.79. The monoisotopic (exact) mass is 380 g/mol. The van der Waals surface area contributed by atoms with E-state index in [1.807, 2.05) is 30.2 Å². The highest BCUT2D eigenvalue weighted by molar-refractivity contribution is 5.92. The number of amides is 1. The van der Waals surface area contributed by atoms with E-state index in [1.165, 1.54) is 11.1 Å². The number of fused-ring (bicyclic) bond motifs is 4. The summed E-state index contributed by atoms with van der Waals surface area (Å²) in [7, 11) is 5.81. The topological polar surface area (TPSA) is 45.9 Å². The van der Waals surface area contributed by atoms with Crippen LogP contribution in [0.15, 0.2) is 47.3 Å². The zero-order valence-electron chi connectivity index (χ0n) is 17.0. The molecule has 3 atom stereocenters. The summed E-state index contributed by atoms with van der Waals surface area (Å²) in [5, 5.41) is 0. The molecule has 1 unspecified atom stereocenters. The third-order valence-corrected chi connectivity index (χ3v) is 6.66. The number of likely N-dealkylation sites (tertiary alicyclic amines) is 1. The smallest absolute Gasteiger partial charge is 0.246 e. The van der Waals surface area contributed by atoms with Crippen molar-refractivity contribution in [3.05, 3.63) is 59.6 Å². The average Bonchev–Trinajstić information content (AvgIpc) is 3.22. The quantitative estimate of drug-likeness (QED) is 0.763. The van der Waals surface area contributed by atoms with Gasteiger partial charge in [0.1, 0.15) is 5.75 Å². The van der Waals surface area contributed by atoms with E-state index in [2.05, 4.69) is 31.0 Å². The molecule has 1 saturated heterocycles. The number of furan rings is 1. The van der Waals surface area contributed by atoms with Gasteiger partial charge in [-0.2, -0.15) is 0 Å². The van der Waals surface area contributed by atoms with E-state index < -0.39 is 0 Å². The highest BCUT2D eigenvalue weighted by Gasteiger charge is 2.52. The summed E-state index contributed by atoms with van der Waals surface area (Å²) < 4.78 is 10.6. The number of hydrogen-bond donors (Lipinski definition) is 0. The molecule has 0 N–H and O–H groups in total. The molecule has 1 fully saturated rings. The van der Waals surface area contributed by atoms with E-state index in [-0.39, 0.29) is 17.4 Å². The molecule has 1 amide bonds. The van der Waals surface area contributed by atoms with E-state index in [9.17, 15) is 4.79 Å². The van der Waals surface area contributed by atoms with Crippen LogP contribution in [0.2, 0.25) is 0 Å². The summed E-state index contributed by atoms with van der Waals surface area (Å²) in [5.41, 5.74) is 3.47. The van der Waals surface area contributed by atoms with Crippen LogP contribution in [-0.4, -0.2) is 55.5 Å². The maximum absolute atomic E-state index is 13.0. The van der Waals surface area contributed by atoms with Crippen molar-refractivity contribution in [2.24, 2.45) is 0 Å². The fraction of sp³-hybridized carbons (Fsp3) is 0.435. The number of ether oxygens (including phenoxy) is 1. The van der Waals surface area contributed by atoms with Gasteiger partial charge in [0.25, 0.3) is 0 Å². The first-order valence-electron chi connectivity index (χ1n) is 9.79. The predicted octanol–water partition coefficient (Wildman–Crippen LogP) is 3.35. The molecule has 1 aliphatic heterocycles. The molecule has 4 rings (SSSR count). The van der Waals surface area contributed by atoms with Gasteiger partial charge in [-0.1, -0.05) is 13.0 Å². The molecule has 28 heavy (non-hydrogen) atoms. The minimum atomic E-state index is -0.104. The van der Waals surface area contributed by atoms with Gasteiger partial charge in [0.15, 0.2) is 0 Å². The van der Waals surface area contributed by atoms with Crippen LogP contribution in [0.25, 0.3) is 6.08 Å². The Kier molecular flexibility index (Phi) is 4.79. The van der Waals surface area contributed by atoms with Crippen molar-refractivity contribution in [2.45, 2.75) is 37.3 Å². The van der Waals surface area contributed by atoms with Gasteiger partial charge in [0, 0.05) is 30.1 Å². The van der Waals surface area contributed by atoms with Gasteiger partial charge >= 0.3 is 0 Å². The second-order valence-corrected chi connectivity index (χ2v) is 8.23. The molecule has 1 aliphatic carbocycles. The fourth-order valence-corrected chi connectivity index (χ4v) is 5.04. The van der Waals surface area contributed by atoms with E-state index in [1.54, 1.807) is 25.7 Å². The fourth-order valence-electron chi connectivity index (χ4n) is 5.04. The Balaban J connectivity index is 1.69. The van der Waals surface area contributed by atoms with Gasteiger partial charge in [0.2, 0.25) is 5.91 Å². The number of carbonyl (C=O) groups excluding carboxylic acids is 1. The Morgan fingerprint density at radius 1 is 1.39 bits per heavy atom. The van der Waals surface area contributed by atoms with Crippen molar-refractivity contribution < 1.29 is 13.9 Å². The summed E-state index contributed by atoms with van der Waals surface area (Å²) in [4.78, 5) is 17.4. The van der Waals surface area contributed by atoms with Crippen LogP contribution in [0.3, 0.4) is 0 Å². The summed E-state index contributed by atoms with van der Waals surface area (Å²) in [6, 6.07) is 8.65. The normalized spacial score (nSPS) is 26.9. The third kappa shape index (κ3) is 3.04. The van der Waals surface area contributed by atoms with E-state index in [0.717, 1.165) is 30.7 Å². The zero-order valence-corrected chi connectivity index (χ0v) is 17.0. The van der Waals surface area contributed by atoms with Crippen molar-refractivity contribution in [1.29, 1.82) is 0 Å². The second-order valence-electron chi connectivity index (χ2n) is 8.23. The van der Waals surface area contributed by atoms with Crippen molar-refractivity contribution in [2.75, 3.05) is 27.7 Å². The summed E-state index contributed by atoms with van der Waals surface area (Å²) in [5.74, 6) is 0.897. The van der Waals surface area contributed by atoms with Gasteiger partial charge in [-0.3, -0.25) is 4.79 Å². The average molecular weight is 380 g/mol. The van der Waals surface area contributed by atoms with E-state index >= 15 is 0 Å². The van der Waals surface area contributed by atoms with Crippen LogP contribution < -0.4 is 4.74 Å². The van der Waals surface area contributed by atoms with Gasteiger partial charge < -0.3 is 19.0 Å². The summed E-state index contributed by atoms with van der Waals surface area (Å²) in [6.45, 7) is 3.33. The Morgan fingerprint density at radius 3 is 2.93 bits per heavy atom. The van der Waals surface area contributed by atoms with Crippen molar-refractivity contribution in [3.8, 4) is 5.75 Å². The molecule has 5 heteroatoms. The third-order valence-electron chi connectivity index (χ3n) is 6.66. The van der Waals surface area contributed by atoms with Crippen LogP contribution in [-0.2, 0) is 16.6 Å². The first kappa shape index (κ1) is 18.8. The number of rotatable bonds is 4. The van der Waals surface area contributed by atoms with Gasteiger partial charge in [0.05, 0.1) is 25.7 Å². The number of benzene rings is 1. The maximum Gasteiger partial charge on any atom is 0.246 e. The Bertz CT molecular complexity index is 889. The molecule has 5 nitrogen and oxygen atoms in total. The number of likely N-dealkylation sites (N-methyl/N-ethyl adjacent to an activating group) is 2. The highest BCUT2D eigenvalue weighted by atomic mass is 16.5. The van der Waals surface area contributed by atoms with Crippen LogP contribution in [0.5, 0.6) is 5.75 Å². The molecular weight excluding hydrogens is 352 g/mol. The maximum atomic E-state index is 13.0. The van der Waals surface area contributed by atoms with E-state index in [0.29, 0.717) is 6.04 Å². The minimum absolute atomic E-state index is 0.0177. The molecule has 0 saturated carbocycles. The molecule has 1 aromatic carbocycles. The lowest BCUT2D eigenvalue weighted by Crippen LogP contribution is -2.67. The van der Waals surface area contributed by atoms with Crippen molar-refractivity contribution >= 4 is 12.0 Å². The van der Waals surface area contributed by atoms with Crippen molar-refractivity contribution in [3.63, 3.8) is 0 Å². The van der Waals surface area contributed by atoms with Gasteiger partial charge in [-0.05, 0) is 61.8 Å². The summed E-state index contributed by atoms with van der Waals surface area (Å²) in [6.07, 6.45) is 8.65.